The van der Waals surface area contributed by atoms with Gasteiger partial charge in [0.1, 0.15) is 12.9 Å². The number of methoxy groups -OCH3 is 1. The van der Waals surface area contributed by atoms with Gasteiger partial charge in [0.2, 0.25) is 5.95 Å². The van der Waals surface area contributed by atoms with Crippen LogP contribution < -0.4 is 4.90 Å². The minimum Gasteiger partial charge on any atom is -0.375 e. The molecule has 6 nitrogen and oxygen atoms in total. The van der Waals surface area contributed by atoms with Crippen molar-refractivity contribution in [2.24, 2.45) is 0 Å². The fourth-order valence-electron chi connectivity index (χ4n) is 3.71. The zero-order valence-corrected chi connectivity index (χ0v) is 16.5. The number of aromatic nitrogens is 3. The Morgan fingerprint density at radius 3 is 2.43 bits per heavy atom. The van der Waals surface area contributed by atoms with Gasteiger partial charge in [0.15, 0.2) is 0 Å². The molecule has 4 rings (SSSR count). The van der Waals surface area contributed by atoms with Crippen LogP contribution in [0.5, 0.6) is 0 Å². The van der Waals surface area contributed by atoms with Crippen molar-refractivity contribution in [1.29, 1.82) is 0 Å². The molecule has 0 bridgehead atoms. The normalized spacial score (nSPS) is 18.8. The second-order valence-corrected chi connectivity index (χ2v) is 7.37. The highest BCUT2D eigenvalue weighted by Gasteiger charge is 2.39. The number of ether oxygens (including phenoxy) is 1. The van der Waals surface area contributed by atoms with Crippen molar-refractivity contribution in [1.82, 2.24) is 14.8 Å². The summed E-state index contributed by atoms with van der Waals surface area (Å²) in [5.41, 5.74) is 3.33. The van der Waals surface area contributed by atoms with Crippen LogP contribution in [0.15, 0.2) is 54.9 Å². The number of carbonyl (C=O) groups is 1. The minimum absolute atomic E-state index is 0.0217. The van der Waals surface area contributed by atoms with E-state index in [9.17, 15) is 4.79 Å². The molecule has 2 aromatic carbocycles. The van der Waals surface area contributed by atoms with Crippen molar-refractivity contribution >= 4 is 23.5 Å². The van der Waals surface area contributed by atoms with Gasteiger partial charge in [0, 0.05) is 12.1 Å². The van der Waals surface area contributed by atoms with Crippen molar-refractivity contribution in [3.05, 3.63) is 76.6 Å². The molecule has 0 unspecified atom stereocenters. The van der Waals surface area contributed by atoms with Crippen molar-refractivity contribution in [2.75, 3.05) is 18.6 Å². The van der Waals surface area contributed by atoms with Gasteiger partial charge in [-0.15, -0.1) is 0 Å². The molecule has 0 aliphatic carbocycles. The van der Waals surface area contributed by atoms with Gasteiger partial charge in [0.25, 0.3) is 5.91 Å². The molecule has 1 amide bonds. The molecule has 0 saturated heterocycles. The molecular formula is C21H21ClN4O2. The Morgan fingerprint density at radius 2 is 1.75 bits per heavy atom. The molecule has 28 heavy (non-hydrogen) atoms. The largest absolute Gasteiger partial charge is 0.375 e. The smallest absolute Gasteiger partial charge is 0.255 e. The Bertz CT molecular complexity index is 969. The van der Waals surface area contributed by atoms with E-state index in [1.54, 1.807) is 4.90 Å². The van der Waals surface area contributed by atoms with E-state index >= 15 is 0 Å². The summed E-state index contributed by atoms with van der Waals surface area (Å²) in [6.45, 7) is 2.04. The molecule has 144 valence electrons. The number of fused-ring (bicyclic) bond motifs is 1. The van der Waals surface area contributed by atoms with E-state index in [4.69, 9.17) is 16.3 Å². The molecule has 1 aliphatic rings. The summed E-state index contributed by atoms with van der Waals surface area (Å²) in [4.78, 5) is 19.0. The number of amides is 1. The highest BCUT2D eigenvalue weighted by molar-refractivity contribution is 6.30. The number of carbonyl (C=O) groups excluding carboxylic acids is 1. The fraction of sp³-hybridized carbons (Fsp3) is 0.286. The average Bonchev–Trinajstić information content (AvgIpc) is 3.18. The first kappa shape index (κ1) is 18.7. The zero-order chi connectivity index (χ0) is 19.7. The van der Waals surface area contributed by atoms with Crippen molar-refractivity contribution < 1.29 is 9.53 Å². The third kappa shape index (κ3) is 3.41. The van der Waals surface area contributed by atoms with E-state index in [0.717, 1.165) is 11.1 Å². The Labute approximate surface area is 168 Å². The van der Waals surface area contributed by atoms with Crippen LogP contribution in [0, 0.1) is 6.92 Å². The topological polar surface area (TPSA) is 60.2 Å². The van der Waals surface area contributed by atoms with Crippen molar-refractivity contribution in [3.63, 3.8) is 0 Å². The summed E-state index contributed by atoms with van der Waals surface area (Å²) >= 11 is 6.08. The number of hydrogen-bond donors (Lipinski definition) is 0. The number of hydrogen-bond acceptors (Lipinski definition) is 4. The van der Waals surface area contributed by atoms with E-state index in [2.05, 4.69) is 41.3 Å². The standard InChI is InChI=1S/C21H21ClN4O2/c1-14-3-5-16(6-4-14)19-11-18(15-7-9-17(22)10-8-15)25(20(27)12-28-2)21-23-13-24-26(19)21/h3-10,13,18-19H,11-12H2,1-2H3/t18-,19+/m1/s1. The first-order chi connectivity index (χ1) is 13.6. The quantitative estimate of drug-likeness (QED) is 0.669. The summed E-state index contributed by atoms with van der Waals surface area (Å²) < 4.78 is 6.93. The molecule has 1 aliphatic heterocycles. The zero-order valence-electron chi connectivity index (χ0n) is 15.7. The van der Waals surface area contributed by atoms with Gasteiger partial charge < -0.3 is 4.74 Å². The van der Waals surface area contributed by atoms with Gasteiger partial charge >= 0.3 is 0 Å². The van der Waals surface area contributed by atoms with Crippen LogP contribution in [0.2, 0.25) is 5.02 Å². The SMILES string of the molecule is COCC(=O)N1c2ncnn2[C@H](c2ccc(C)cc2)C[C@@H]1c1ccc(Cl)cc1. The fourth-order valence-corrected chi connectivity index (χ4v) is 3.83. The van der Waals surface area contributed by atoms with Crippen LogP contribution in [-0.2, 0) is 9.53 Å². The summed E-state index contributed by atoms with van der Waals surface area (Å²) in [7, 11) is 1.51. The Morgan fingerprint density at radius 1 is 1.11 bits per heavy atom. The van der Waals surface area contributed by atoms with Crippen LogP contribution in [0.1, 0.15) is 35.2 Å². The average molecular weight is 397 g/mol. The third-order valence-corrected chi connectivity index (χ3v) is 5.33. The first-order valence-corrected chi connectivity index (χ1v) is 9.49. The molecular weight excluding hydrogens is 376 g/mol. The lowest BCUT2D eigenvalue weighted by molar-refractivity contribution is -0.123. The van der Waals surface area contributed by atoms with Crippen LogP contribution in [0.25, 0.3) is 0 Å². The third-order valence-electron chi connectivity index (χ3n) is 5.08. The number of benzene rings is 2. The molecule has 3 aromatic rings. The predicted molar refractivity (Wildman–Crippen MR) is 108 cm³/mol. The molecule has 2 heterocycles. The van der Waals surface area contributed by atoms with E-state index in [0.29, 0.717) is 17.4 Å². The highest BCUT2D eigenvalue weighted by Crippen LogP contribution is 2.42. The predicted octanol–water partition coefficient (Wildman–Crippen LogP) is 3.95. The number of nitrogens with zero attached hydrogens (tertiary/aromatic N) is 4. The van der Waals surface area contributed by atoms with Crippen LogP contribution in [0.3, 0.4) is 0 Å². The summed E-state index contributed by atoms with van der Waals surface area (Å²) in [5, 5.41) is 5.08. The monoisotopic (exact) mass is 396 g/mol. The van der Waals surface area contributed by atoms with E-state index < -0.39 is 0 Å². The maximum Gasteiger partial charge on any atom is 0.255 e. The lowest BCUT2D eigenvalue weighted by Gasteiger charge is -2.39. The first-order valence-electron chi connectivity index (χ1n) is 9.11. The Balaban J connectivity index is 1.81. The van der Waals surface area contributed by atoms with Gasteiger partial charge in [-0.25, -0.2) is 4.68 Å². The summed E-state index contributed by atoms with van der Waals surface area (Å²) in [6, 6.07) is 15.8. The van der Waals surface area contributed by atoms with Gasteiger partial charge in [-0.3, -0.25) is 9.69 Å². The molecule has 0 saturated carbocycles. The Kier molecular flexibility index (Phi) is 5.15. The summed E-state index contributed by atoms with van der Waals surface area (Å²) in [5.74, 6) is 0.373. The molecule has 0 spiro atoms. The summed E-state index contributed by atoms with van der Waals surface area (Å²) in [6.07, 6.45) is 2.17. The van der Waals surface area contributed by atoms with E-state index in [-0.39, 0.29) is 24.6 Å². The number of halogens is 1. The number of rotatable bonds is 4. The van der Waals surface area contributed by atoms with E-state index in [1.807, 2.05) is 28.9 Å². The van der Waals surface area contributed by atoms with E-state index in [1.165, 1.54) is 19.0 Å². The van der Waals surface area contributed by atoms with Crippen LogP contribution >= 0.6 is 11.6 Å². The molecule has 0 radical (unpaired) electrons. The molecule has 1 aromatic heterocycles. The number of aryl methyl sites for hydroxylation is 1. The maximum absolute atomic E-state index is 12.9. The lowest BCUT2D eigenvalue weighted by atomic mass is 9.91. The minimum atomic E-state index is -0.192. The van der Waals surface area contributed by atoms with Crippen LogP contribution in [0.4, 0.5) is 5.95 Å². The van der Waals surface area contributed by atoms with Crippen LogP contribution in [-0.4, -0.2) is 34.4 Å². The van der Waals surface area contributed by atoms with Gasteiger partial charge in [0.05, 0.1) is 12.1 Å². The maximum atomic E-state index is 12.9. The molecule has 0 N–H and O–H groups in total. The number of anilines is 1. The van der Waals surface area contributed by atoms with Gasteiger partial charge in [-0.05, 0) is 36.6 Å². The second kappa shape index (κ2) is 7.73. The van der Waals surface area contributed by atoms with Crippen molar-refractivity contribution in [3.8, 4) is 0 Å². The lowest BCUT2D eigenvalue weighted by Crippen LogP contribution is -2.44. The van der Waals surface area contributed by atoms with Gasteiger partial charge in [-0.2, -0.15) is 10.1 Å². The van der Waals surface area contributed by atoms with Crippen molar-refractivity contribution in [2.45, 2.75) is 25.4 Å². The Hall–Kier alpha value is -2.70. The second-order valence-electron chi connectivity index (χ2n) is 6.93. The van der Waals surface area contributed by atoms with Gasteiger partial charge in [-0.1, -0.05) is 53.6 Å². The molecule has 0 fully saturated rings. The highest BCUT2D eigenvalue weighted by atomic mass is 35.5. The molecule has 7 heteroatoms. The molecule has 2 atom stereocenters.